The molecule has 2 heterocycles. The Morgan fingerprint density at radius 1 is 1.48 bits per heavy atom. The topological polar surface area (TPSA) is 59.2 Å². The van der Waals surface area contributed by atoms with Crippen LogP contribution in [0.3, 0.4) is 0 Å². The van der Waals surface area contributed by atoms with Crippen LogP contribution in [0.2, 0.25) is 0 Å². The van der Waals surface area contributed by atoms with Crippen LogP contribution in [0.1, 0.15) is 25.7 Å². The quantitative estimate of drug-likeness (QED) is 0.870. The molecule has 1 aromatic heterocycles. The second-order valence-corrected chi connectivity index (χ2v) is 6.82. The summed E-state index contributed by atoms with van der Waals surface area (Å²) < 4.78 is 18.8. The van der Waals surface area contributed by atoms with Crippen molar-refractivity contribution in [1.82, 2.24) is 15.0 Å². The van der Waals surface area contributed by atoms with Crippen molar-refractivity contribution in [2.24, 2.45) is 11.3 Å². The van der Waals surface area contributed by atoms with Crippen LogP contribution in [0.15, 0.2) is 28.8 Å². The van der Waals surface area contributed by atoms with Crippen LogP contribution in [0.4, 0.5) is 4.39 Å². The predicted octanol–water partition coefficient (Wildman–Crippen LogP) is 2.68. The zero-order valence-corrected chi connectivity index (χ0v) is 13.0. The first-order valence-corrected chi connectivity index (χ1v) is 7.90. The van der Waals surface area contributed by atoms with Gasteiger partial charge in [-0.05, 0) is 29.9 Å². The van der Waals surface area contributed by atoms with Gasteiger partial charge >= 0.3 is 0 Å². The van der Waals surface area contributed by atoms with Crippen LogP contribution in [0.5, 0.6) is 0 Å². The van der Waals surface area contributed by atoms with E-state index in [0.717, 1.165) is 13.1 Å². The van der Waals surface area contributed by atoms with Crippen LogP contribution in [0, 0.1) is 17.2 Å². The fraction of sp³-hybridized carbons (Fsp3) is 0.471. The molecule has 2 atom stereocenters. The summed E-state index contributed by atoms with van der Waals surface area (Å²) in [6.07, 6.45) is 1.98. The number of fused-ring (bicyclic) bond motifs is 1. The molecule has 2 aliphatic rings. The number of hydrogen-bond donors (Lipinski definition) is 0. The molecule has 0 spiro atoms. The van der Waals surface area contributed by atoms with Gasteiger partial charge in [-0.3, -0.25) is 4.79 Å². The molecule has 1 aliphatic carbocycles. The lowest BCUT2D eigenvalue weighted by Crippen LogP contribution is -2.31. The first-order chi connectivity index (χ1) is 11.0. The summed E-state index contributed by atoms with van der Waals surface area (Å²) in [5.41, 5.74) is 0.666. The van der Waals surface area contributed by atoms with Crippen molar-refractivity contribution < 1.29 is 13.7 Å². The highest BCUT2D eigenvalue weighted by atomic mass is 19.1. The Hall–Kier alpha value is -2.24. The zero-order chi connectivity index (χ0) is 16.0. The van der Waals surface area contributed by atoms with Gasteiger partial charge in [-0.1, -0.05) is 24.2 Å². The maximum atomic E-state index is 13.7. The first-order valence-electron chi connectivity index (χ1n) is 7.90. The van der Waals surface area contributed by atoms with Crippen LogP contribution in [0.25, 0.3) is 11.4 Å². The van der Waals surface area contributed by atoms with Gasteiger partial charge in [-0.2, -0.15) is 4.98 Å². The minimum absolute atomic E-state index is 0.129. The standard InChI is InChI=1S/C17H18FN3O2/c1-17-8-11(17)9-21(10-17)15(22)7-6-14-19-16(20-23-14)12-4-2-3-5-13(12)18/h2-5,11H,6-10H2,1H3. The average molecular weight is 315 g/mol. The van der Waals surface area contributed by atoms with E-state index in [-0.39, 0.29) is 17.5 Å². The van der Waals surface area contributed by atoms with Gasteiger partial charge in [-0.15, -0.1) is 0 Å². The maximum absolute atomic E-state index is 13.7. The van der Waals surface area contributed by atoms with Crippen molar-refractivity contribution in [3.8, 4) is 11.4 Å². The van der Waals surface area contributed by atoms with E-state index < -0.39 is 0 Å². The minimum Gasteiger partial charge on any atom is -0.342 e. The molecule has 0 bridgehead atoms. The number of rotatable bonds is 4. The van der Waals surface area contributed by atoms with Crippen molar-refractivity contribution in [2.45, 2.75) is 26.2 Å². The van der Waals surface area contributed by atoms with Crippen LogP contribution in [-0.2, 0) is 11.2 Å². The molecule has 1 saturated heterocycles. The molecular formula is C17H18FN3O2. The number of amides is 1. The third kappa shape index (κ3) is 2.62. The molecule has 120 valence electrons. The van der Waals surface area contributed by atoms with Gasteiger partial charge in [-0.25, -0.2) is 4.39 Å². The van der Waals surface area contributed by atoms with Gasteiger partial charge in [0.2, 0.25) is 17.6 Å². The fourth-order valence-corrected chi connectivity index (χ4v) is 3.42. The Labute approximate surface area is 133 Å². The molecule has 23 heavy (non-hydrogen) atoms. The number of hydrogen-bond acceptors (Lipinski definition) is 4. The number of aryl methyl sites for hydroxylation is 1. The van der Waals surface area contributed by atoms with Crippen molar-refractivity contribution in [3.63, 3.8) is 0 Å². The summed E-state index contributed by atoms with van der Waals surface area (Å²) in [4.78, 5) is 18.4. The second-order valence-electron chi connectivity index (χ2n) is 6.82. The van der Waals surface area contributed by atoms with Crippen molar-refractivity contribution in [2.75, 3.05) is 13.1 Å². The normalized spacial score (nSPS) is 25.5. The second kappa shape index (κ2) is 5.15. The lowest BCUT2D eigenvalue weighted by Gasteiger charge is -2.19. The lowest BCUT2D eigenvalue weighted by molar-refractivity contribution is -0.130. The molecule has 0 radical (unpaired) electrons. The van der Waals surface area contributed by atoms with Gasteiger partial charge in [0.15, 0.2) is 0 Å². The number of likely N-dealkylation sites (tertiary alicyclic amines) is 1. The number of aromatic nitrogens is 2. The summed E-state index contributed by atoms with van der Waals surface area (Å²) in [5.74, 6) is 1.01. The lowest BCUT2D eigenvalue weighted by atomic mass is 10.1. The fourth-order valence-electron chi connectivity index (χ4n) is 3.42. The largest absolute Gasteiger partial charge is 0.342 e. The van der Waals surface area contributed by atoms with Gasteiger partial charge in [0.25, 0.3) is 0 Å². The summed E-state index contributed by atoms with van der Waals surface area (Å²) in [6, 6.07) is 6.29. The molecule has 2 fully saturated rings. The van der Waals surface area contributed by atoms with Crippen LogP contribution in [-0.4, -0.2) is 34.0 Å². The summed E-state index contributed by atoms with van der Waals surface area (Å²) >= 11 is 0. The predicted molar refractivity (Wildman–Crippen MR) is 80.8 cm³/mol. The molecule has 6 heteroatoms. The van der Waals surface area contributed by atoms with E-state index in [1.165, 1.54) is 12.5 Å². The number of carbonyl (C=O) groups is 1. The third-order valence-corrected chi connectivity index (χ3v) is 5.02. The van der Waals surface area contributed by atoms with E-state index in [1.54, 1.807) is 18.2 Å². The summed E-state index contributed by atoms with van der Waals surface area (Å²) in [5, 5.41) is 3.80. The van der Waals surface area contributed by atoms with Crippen molar-refractivity contribution in [1.29, 1.82) is 0 Å². The van der Waals surface area contributed by atoms with Gasteiger partial charge in [0.1, 0.15) is 5.82 Å². The number of halogens is 1. The Morgan fingerprint density at radius 2 is 2.30 bits per heavy atom. The maximum Gasteiger partial charge on any atom is 0.227 e. The monoisotopic (exact) mass is 315 g/mol. The molecule has 2 aromatic rings. The Balaban J connectivity index is 1.37. The Kier molecular flexibility index (Phi) is 3.21. The van der Waals surface area contributed by atoms with Crippen molar-refractivity contribution >= 4 is 5.91 Å². The molecule has 5 nitrogen and oxygen atoms in total. The van der Waals surface area contributed by atoms with Crippen LogP contribution < -0.4 is 0 Å². The minimum atomic E-state index is -0.388. The first kappa shape index (κ1) is 14.4. The molecule has 4 rings (SSSR count). The SMILES string of the molecule is CC12CC1CN(C(=O)CCc1nc(-c3ccccc3F)no1)C2. The number of nitrogens with zero attached hydrogens (tertiary/aromatic N) is 3. The highest BCUT2D eigenvalue weighted by Crippen LogP contribution is 2.57. The molecular weight excluding hydrogens is 297 g/mol. The molecule has 0 N–H and O–H groups in total. The smallest absolute Gasteiger partial charge is 0.227 e. The molecule has 1 saturated carbocycles. The Bertz CT molecular complexity index is 760. The van der Waals surface area contributed by atoms with Gasteiger partial charge < -0.3 is 9.42 Å². The molecule has 1 aliphatic heterocycles. The van der Waals surface area contributed by atoms with E-state index >= 15 is 0 Å². The van der Waals surface area contributed by atoms with E-state index in [9.17, 15) is 9.18 Å². The van der Waals surface area contributed by atoms with E-state index in [0.29, 0.717) is 35.6 Å². The number of benzene rings is 1. The Morgan fingerprint density at radius 3 is 3.04 bits per heavy atom. The van der Waals surface area contributed by atoms with E-state index in [1.807, 2.05) is 4.90 Å². The van der Waals surface area contributed by atoms with Gasteiger partial charge in [0, 0.05) is 25.9 Å². The highest BCUT2D eigenvalue weighted by Gasteiger charge is 2.56. The summed E-state index contributed by atoms with van der Waals surface area (Å²) in [6.45, 7) is 3.98. The van der Waals surface area contributed by atoms with Gasteiger partial charge in [0.05, 0.1) is 5.56 Å². The van der Waals surface area contributed by atoms with E-state index in [2.05, 4.69) is 17.1 Å². The number of carbonyl (C=O) groups excluding carboxylic acids is 1. The third-order valence-electron chi connectivity index (χ3n) is 5.02. The average Bonchev–Trinajstić information content (AvgIpc) is 2.91. The zero-order valence-electron chi connectivity index (χ0n) is 13.0. The highest BCUT2D eigenvalue weighted by molar-refractivity contribution is 5.77. The summed E-state index contributed by atoms with van der Waals surface area (Å²) in [7, 11) is 0. The van der Waals surface area contributed by atoms with E-state index in [4.69, 9.17) is 4.52 Å². The van der Waals surface area contributed by atoms with Crippen LogP contribution >= 0.6 is 0 Å². The molecule has 1 aromatic carbocycles. The van der Waals surface area contributed by atoms with Crippen molar-refractivity contribution in [3.05, 3.63) is 36.0 Å². The molecule has 1 amide bonds. The number of piperidine rings is 1. The molecule has 2 unspecified atom stereocenters.